The van der Waals surface area contributed by atoms with Gasteiger partial charge in [0.1, 0.15) is 11.6 Å². The van der Waals surface area contributed by atoms with Gasteiger partial charge in [-0.2, -0.15) is 0 Å². The smallest absolute Gasteiger partial charge is 0.255 e. The Bertz CT molecular complexity index is 858. The van der Waals surface area contributed by atoms with E-state index in [4.69, 9.17) is 4.74 Å². The lowest BCUT2D eigenvalue weighted by Gasteiger charge is -2.31. The molecule has 0 spiro atoms. The Morgan fingerprint density at radius 3 is 2.54 bits per heavy atom. The first kappa shape index (κ1) is 21.7. The number of rotatable bonds is 6. The van der Waals surface area contributed by atoms with E-state index in [9.17, 15) is 14.0 Å². The zero-order chi connectivity index (χ0) is 19.4. The van der Waals surface area contributed by atoms with Crippen molar-refractivity contribution in [3.05, 3.63) is 53.8 Å². The van der Waals surface area contributed by atoms with E-state index in [-0.39, 0.29) is 29.8 Å². The summed E-state index contributed by atoms with van der Waals surface area (Å²) in [6.45, 7) is 3.58. The minimum atomic E-state index is -0.491. The Hall–Kier alpha value is -2.64. The molecule has 0 saturated carbocycles. The first-order valence-electron chi connectivity index (χ1n) is 8.74. The number of carbonyl (C=O) groups is 2. The van der Waals surface area contributed by atoms with E-state index in [1.807, 2.05) is 6.92 Å². The second kappa shape index (κ2) is 9.52. The fourth-order valence-corrected chi connectivity index (χ4v) is 2.84. The summed E-state index contributed by atoms with van der Waals surface area (Å²) in [6.07, 6.45) is 0. The van der Waals surface area contributed by atoms with E-state index in [0.29, 0.717) is 23.0 Å². The minimum absolute atomic E-state index is 0. The van der Waals surface area contributed by atoms with Gasteiger partial charge in [0.25, 0.3) is 5.91 Å². The Morgan fingerprint density at radius 1 is 1.18 bits per heavy atom. The lowest BCUT2D eigenvalue weighted by molar-refractivity contribution is -0.121. The first-order chi connectivity index (χ1) is 13.0. The highest BCUT2D eigenvalue weighted by Crippen LogP contribution is 2.29. The molecule has 0 radical (unpaired) electrons. The number of hydrogen-bond acceptors (Lipinski definition) is 4. The number of methoxy groups -OCH3 is 1. The Balaban J connectivity index is 0.00000280. The van der Waals surface area contributed by atoms with Gasteiger partial charge in [-0.1, -0.05) is 13.0 Å². The second-order valence-corrected chi connectivity index (χ2v) is 6.58. The van der Waals surface area contributed by atoms with Crippen LogP contribution in [0.1, 0.15) is 17.3 Å². The molecule has 1 atom stereocenters. The molecular formula is C20H23ClFN3O3. The lowest BCUT2D eigenvalue weighted by atomic mass is 9.88. The molecule has 0 aliphatic carbocycles. The molecule has 8 heteroatoms. The molecular weight excluding hydrogens is 385 g/mol. The molecule has 1 saturated heterocycles. The molecule has 3 rings (SSSR count). The fourth-order valence-electron chi connectivity index (χ4n) is 2.84. The highest BCUT2D eigenvalue weighted by Gasteiger charge is 2.28. The van der Waals surface area contributed by atoms with Crippen LogP contribution in [0.5, 0.6) is 5.75 Å². The van der Waals surface area contributed by atoms with Crippen LogP contribution in [0.4, 0.5) is 15.8 Å². The molecule has 6 nitrogen and oxygen atoms in total. The van der Waals surface area contributed by atoms with Crippen LogP contribution in [-0.4, -0.2) is 32.0 Å². The maximum atomic E-state index is 13.3. The number of ether oxygens (including phenoxy) is 1. The highest BCUT2D eigenvalue weighted by molar-refractivity contribution is 6.05. The molecule has 1 fully saturated rings. The average molecular weight is 408 g/mol. The van der Waals surface area contributed by atoms with Crippen molar-refractivity contribution in [1.29, 1.82) is 0 Å². The Kier molecular flexibility index (Phi) is 7.37. The molecule has 1 aliphatic rings. The third-order valence-corrected chi connectivity index (χ3v) is 4.74. The normalized spacial score (nSPS) is 14.2. The van der Waals surface area contributed by atoms with Gasteiger partial charge in [-0.05, 0) is 55.4 Å². The molecule has 2 aromatic rings. The zero-order valence-electron chi connectivity index (χ0n) is 15.6. The number of benzene rings is 2. The molecule has 0 aromatic heterocycles. The van der Waals surface area contributed by atoms with Crippen LogP contribution < -0.4 is 20.7 Å². The quantitative estimate of drug-likeness (QED) is 0.686. The summed E-state index contributed by atoms with van der Waals surface area (Å²) >= 11 is 0. The van der Waals surface area contributed by atoms with Gasteiger partial charge in [0.05, 0.1) is 12.8 Å². The van der Waals surface area contributed by atoms with Crippen molar-refractivity contribution in [3.63, 3.8) is 0 Å². The second-order valence-electron chi connectivity index (χ2n) is 6.58. The van der Waals surface area contributed by atoms with Crippen LogP contribution in [0.25, 0.3) is 0 Å². The summed E-state index contributed by atoms with van der Waals surface area (Å²) in [5.41, 5.74) is 1.13. The van der Waals surface area contributed by atoms with Crippen molar-refractivity contribution in [2.75, 3.05) is 30.8 Å². The molecule has 3 N–H and O–H groups in total. The molecule has 1 unspecified atom stereocenters. The third-order valence-electron chi connectivity index (χ3n) is 4.74. The minimum Gasteiger partial charge on any atom is -0.495 e. The Labute approximate surface area is 169 Å². The van der Waals surface area contributed by atoms with Crippen molar-refractivity contribution in [2.45, 2.75) is 6.92 Å². The van der Waals surface area contributed by atoms with Crippen molar-refractivity contribution in [3.8, 4) is 5.75 Å². The Morgan fingerprint density at radius 2 is 1.93 bits per heavy atom. The molecule has 150 valence electrons. The first-order valence-corrected chi connectivity index (χ1v) is 8.74. The maximum Gasteiger partial charge on any atom is 0.255 e. The van der Waals surface area contributed by atoms with Crippen molar-refractivity contribution in [2.24, 2.45) is 11.8 Å². The number of nitrogens with one attached hydrogen (secondary N) is 3. The number of anilines is 2. The standard InChI is InChI=1S/C20H22FN3O3.ClH/c1-12(14-10-22-11-14)19(25)23-16-6-7-18(27-2)17(9-16)24-20(26)13-4-3-5-15(21)8-13;/h3-9,12,14,22H,10-11H2,1-2H3,(H,23,25)(H,24,26);1H. The monoisotopic (exact) mass is 407 g/mol. The number of carbonyl (C=O) groups excluding carboxylic acids is 2. The summed E-state index contributed by atoms with van der Waals surface area (Å²) in [6, 6.07) is 10.4. The van der Waals surface area contributed by atoms with E-state index in [1.54, 1.807) is 18.2 Å². The maximum absolute atomic E-state index is 13.3. The predicted octanol–water partition coefficient (Wildman–Crippen LogP) is 3.30. The van der Waals surface area contributed by atoms with E-state index < -0.39 is 11.7 Å². The van der Waals surface area contributed by atoms with Gasteiger partial charge in [0.15, 0.2) is 0 Å². The van der Waals surface area contributed by atoms with Crippen LogP contribution >= 0.6 is 12.4 Å². The third kappa shape index (κ3) is 4.99. The van der Waals surface area contributed by atoms with Gasteiger partial charge >= 0.3 is 0 Å². The number of hydrogen-bond donors (Lipinski definition) is 3. The molecule has 1 aliphatic heterocycles. The van der Waals surface area contributed by atoms with Crippen molar-refractivity contribution in [1.82, 2.24) is 5.32 Å². The van der Waals surface area contributed by atoms with E-state index in [0.717, 1.165) is 19.2 Å². The largest absolute Gasteiger partial charge is 0.495 e. The molecule has 2 amide bonds. The van der Waals surface area contributed by atoms with Crippen molar-refractivity contribution >= 4 is 35.6 Å². The molecule has 28 heavy (non-hydrogen) atoms. The van der Waals surface area contributed by atoms with Crippen LogP contribution in [-0.2, 0) is 4.79 Å². The van der Waals surface area contributed by atoms with Gasteiger partial charge in [-0.3, -0.25) is 9.59 Å². The number of halogens is 2. The summed E-state index contributed by atoms with van der Waals surface area (Å²) < 4.78 is 18.6. The van der Waals surface area contributed by atoms with Gasteiger partial charge in [-0.15, -0.1) is 12.4 Å². The average Bonchev–Trinajstić information content (AvgIpc) is 2.60. The van der Waals surface area contributed by atoms with Gasteiger partial charge in [0.2, 0.25) is 5.91 Å². The van der Waals surface area contributed by atoms with Gasteiger partial charge < -0.3 is 20.7 Å². The van der Waals surface area contributed by atoms with Crippen molar-refractivity contribution < 1.29 is 18.7 Å². The topological polar surface area (TPSA) is 79.5 Å². The highest BCUT2D eigenvalue weighted by atomic mass is 35.5. The SMILES string of the molecule is COc1ccc(NC(=O)C(C)C2CNC2)cc1NC(=O)c1cccc(F)c1.Cl. The van der Waals surface area contributed by atoms with Crippen LogP contribution in [0, 0.1) is 17.7 Å². The van der Waals surface area contributed by atoms with Crippen LogP contribution in [0.15, 0.2) is 42.5 Å². The fraction of sp³-hybridized carbons (Fsp3) is 0.300. The van der Waals surface area contributed by atoms with E-state index in [1.165, 1.54) is 25.3 Å². The molecule has 0 bridgehead atoms. The van der Waals surface area contributed by atoms with E-state index >= 15 is 0 Å². The van der Waals surface area contributed by atoms with E-state index in [2.05, 4.69) is 16.0 Å². The number of amides is 2. The summed E-state index contributed by atoms with van der Waals surface area (Å²) in [5.74, 6) is -0.377. The lowest BCUT2D eigenvalue weighted by Crippen LogP contribution is -2.48. The summed E-state index contributed by atoms with van der Waals surface area (Å²) in [7, 11) is 1.48. The van der Waals surface area contributed by atoms with Gasteiger partial charge in [0, 0.05) is 17.2 Å². The molecule has 1 heterocycles. The summed E-state index contributed by atoms with van der Waals surface area (Å²) in [5, 5.41) is 8.73. The van der Waals surface area contributed by atoms with Crippen LogP contribution in [0.3, 0.4) is 0 Å². The molecule has 2 aromatic carbocycles. The van der Waals surface area contributed by atoms with Crippen LogP contribution in [0.2, 0.25) is 0 Å². The van der Waals surface area contributed by atoms with Gasteiger partial charge in [-0.25, -0.2) is 4.39 Å². The summed E-state index contributed by atoms with van der Waals surface area (Å²) in [4.78, 5) is 24.8. The predicted molar refractivity (Wildman–Crippen MR) is 109 cm³/mol. The zero-order valence-corrected chi connectivity index (χ0v) is 16.4.